The third-order valence-corrected chi connectivity index (χ3v) is 5.13. The maximum atomic E-state index is 4.82. The number of nitrogens with one attached hydrogen (secondary N) is 1. The standard InChI is InChI=1S/C18H27N3/c1-3-12-21-16-9-6-5-8-15(16)20-17(21)13-19-14-18(4-2)10-7-11-18/h5-6,8-9,19H,3-4,7,10-14H2,1-2H3. The van der Waals surface area contributed by atoms with E-state index in [-0.39, 0.29) is 0 Å². The van der Waals surface area contributed by atoms with Crippen molar-refractivity contribution in [3.05, 3.63) is 30.1 Å². The van der Waals surface area contributed by atoms with Crippen molar-refractivity contribution >= 4 is 11.0 Å². The molecule has 21 heavy (non-hydrogen) atoms. The van der Waals surface area contributed by atoms with Gasteiger partial charge in [0.15, 0.2) is 0 Å². The SMILES string of the molecule is CCCn1c(CNCC2(CC)CCC2)nc2ccccc21. The van der Waals surface area contributed by atoms with Crippen LogP contribution in [0.2, 0.25) is 0 Å². The Morgan fingerprint density at radius 3 is 2.71 bits per heavy atom. The molecular formula is C18H27N3. The van der Waals surface area contributed by atoms with Gasteiger partial charge in [-0.1, -0.05) is 32.4 Å². The second-order valence-corrected chi connectivity index (χ2v) is 6.48. The van der Waals surface area contributed by atoms with Crippen molar-refractivity contribution in [2.75, 3.05) is 6.54 Å². The first-order chi connectivity index (χ1) is 10.3. The minimum Gasteiger partial charge on any atom is -0.327 e. The fraction of sp³-hybridized carbons (Fsp3) is 0.611. The van der Waals surface area contributed by atoms with E-state index in [1.165, 1.54) is 37.0 Å². The summed E-state index contributed by atoms with van der Waals surface area (Å²) in [5, 5.41) is 3.67. The van der Waals surface area contributed by atoms with Crippen LogP contribution in [0.4, 0.5) is 0 Å². The number of aryl methyl sites for hydroxylation is 1. The van der Waals surface area contributed by atoms with Crippen molar-refractivity contribution in [2.24, 2.45) is 5.41 Å². The zero-order valence-electron chi connectivity index (χ0n) is 13.4. The Morgan fingerprint density at radius 2 is 2.05 bits per heavy atom. The predicted octanol–water partition coefficient (Wildman–Crippen LogP) is 4.12. The van der Waals surface area contributed by atoms with Gasteiger partial charge < -0.3 is 9.88 Å². The largest absolute Gasteiger partial charge is 0.327 e. The molecule has 1 aliphatic carbocycles. The van der Waals surface area contributed by atoms with Crippen molar-refractivity contribution in [2.45, 2.75) is 59.0 Å². The molecule has 1 aliphatic rings. The molecule has 1 aromatic carbocycles. The molecule has 1 aromatic heterocycles. The number of nitrogens with zero attached hydrogens (tertiary/aromatic N) is 2. The maximum Gasteiger partial charge on any atom is 0.123 e. The smallest absolute Gasteiger partial charge is 0.123 e. The topological polar surface area (TPSA) is 29.9 Å². The summed E-state index contributed by atoms with van der Waals surface area (Å²) in [6, 6.07) is 8.47. The zero-order valence-corrected chi connectivity index (χ0v) is 13.4. The first-order valence-electron chi connectivity index (χ1n) is 8.43. The Kier molecular flexibility index (Phi) is 4.29. The number of hydrogen-bond donors (Lipinski definition) is 1. The lowest BCUT2D eigenvalue weighted by Gasteiger charge is -2.41. The Hall–Kier alpha value is -1.35. The van der Waals surface area contributed by atoms with Crippen molar-refractivity contribution in [3.8, 4) is 0 Å². The summed E-state index contributed by atoms with van der Waals surface area (Å²) >= 11 is 0. The van der Waals surface area contributed by atoms with Gasteiger partial charge in [-0.25, -0.2) is 4.98 Å². The van der Waals surface area contributed by atoms with E-state index in [2.05, 4.69) is 48.0 Å². The molecule has 0 spiro atoms. The molecule has 1 saturated carbocycles. The molecule has 0 aliphatic heterocycles. The van der Waals surface area contributed by atoms with Gasteiger partial charge in [-0.15, -0.1) is 0 Å². The van der Waals surface area contributed by atoms with Crippen LogP contribution in [0.25, 0.3) is 11.0 Å². The van der Waals surface area contributed by atoms with Crippen LogP contribution >= 0.6 is 0 Å². The Balaban J connectivity index is 1.72. The molecule has 0 bridgehead atoms. The summed E-state index contributed by atoms with van der Waals surface area (Å²) in [6.45, 7) is 7.63. The van der Waals surface area contributed by atoms with Crippen molar-refractivity contribution < 1.29 is 0 Å². The van der Waals surface area contributed by atoms with Gasteiger partial charge in [0.05, 0.1) is 17.6 Å². The maximum absolute atomic E-state index is 4.82. The van der Waals surface area contributed by atoms with Crippen LogP contribution in [0.15, 0.2) is 24.3 Å². The highest BCUT2D eigenvalue weighted by molar-refractivity contribution is 5.75. The molecule has 3 heteroatoms. The van der Waals surface area contributed by atoms with E-state index in [0.29, 0.717) is 5.41 Å². The second-order valence-electron chi connectivity index (χ2n) is 6.48. The van der Waals surface area contributed by atoms with Crippen molar-refractivity contribution in [3.63, 3.8) is 0 Å². The zero-order chi connectivity index (χ0) is 14.7. The van der Waals surface area contributed by atoms with E-state index in [9.17, 15) is 0 Å². The van der Waals surface area contributed by atoms with Gasteiger partial charge in [-0.05, 0) is 43.2 Å². The van der Waals surface area contributed by atoms with E-state index < -0.39 is 0 Å². The van der Waals surface area contributed by atoms with Crippen LogP contribution in [0.3, 0.4) is 0 Å². The second kappa shape index (κ2) is 6.18. The lowest BCUT2D eigenvalue weighted by molar-refractivity contribution is 0.123. The minimum absolute atomic E-state index is 0.571. The van der Waals surface area contributed by atoms with Gasteiger partial charge in [-0.2, -0.15) is 0 Å². The highest BCUT2D eigenvalue weighted by Crippen LogP contribution is 2.43. The van der Waals surface area contributed by atoms with Crippen LogP contribution < -0.4 is 5.32 Å². The number of imidazole rings is 1. The molecule has 0 radical (unpaired) electrons. The van der Waals surface area contributed by atoms with Gasteiger partial charge in [-0.3, -0.25) is 0 Å². The highest BCUT2D eigenvalue weighted by atomic mass is 15.1. The van der Waals surface area contributed by atoms with Gasteiger partial charge in [0, 0.05) is 13.1 Å². The number of fused-ring (bicyclic) bond motifs is 1. The molecule has 3 nitrogen and oxygen atoms in total. The Morgan fingerprint density at radius 1 is 1.24 bits per heavy atom. The third-order valence-electron chi connectivity index (χ3n) is 5.13. The molecular weight excluding hydrogens is 258 g/mol. The lowest BCUT2D eigenvalue weighted by Crippen LogP contribution is -2.39. The van der Waals surface area contributed by atoms with Crippen LogP contribution in [-0.4, -0.2) is 16.1 Å². The first-order valence-corrected chi connectivity index (χ1v) is 8.43. The molecule has 0 amide bonds. The van der Waals surface area contributed by atoms with E-state index in [4.69, 9.17) is 4.98 Å². The molecule has 114 valence electrons. The molecule has 1 N–H and O–H groups in total. The molecule has 2 aromatic rings. The van der Waals surface area contributed by atoms with Crippen molar-refractivity contribution in [1.82, 2.24) is 14.9 Å². The third kappa shape index (κ3) is 2.84. The molecule has 1 fully saturated rings. The van der Waals surface area contributed by atoms with Gasteiger partial charge in [0.1, 0.15) is 5.82 Å². The van der Waals surface area contributed by atoms with Gasteiger partial charge in [0.2, 0.25) is 0 Å². The summed E-state index contributed by atoms with van der Waals surface area (Å²) in [7, 11) is 0. The van der Waals surface area contributed by atoms with E-state index in [1.54, 1.807) is 0 Å². The average molecular weight is 285 g/mol. The normalized spacial score (nSPS) is 17.0. The predicted molar refractivity (Wildman–Crippen MR) is 88.3 cm³/mol. The first kappa shape index (κ1) is 14.6. The lowest BCUT2D eigenvalue weighted by atomic mass is 9.67. The van der Waals surface area contributed by atoms with Gasteiger partial charge in [0.25, 0.3) is 0 Å². The van der Waals surface area contributed by atoms with E-state index >= 15 is 0 Å². The van der Waals surface area contributed by atoms with Crippen LogP contribution in [0.5, 0.6) is 0 Å². The monoisotopic (exact) mass is 285 g/mol. The van der Waals surface area contributed by atoms with E-state index in [0.717, 1.165) is 31.6 Å². The summed E-state index contributed by atoms with van der Waals surface area (Å²) in [5.41, 5.74) is 2.96. The summed E-state index contributed by atoms with van der Waals surface area (Å²) in [5.74, 6) is 1.18. The van der Waals surface area contributed by atoms with Gasteiger partial charge >= 0.3 is 0 Å². The molecule has 1 heterocycles. The summed E-state index contributed by atoms with van der Waals surface area (Å²) in [4.78, 5) is 4.82. The summed E-state index contributed by atoms with van der Waals surface area (Å²) in [6.07, 6.45) is 6.63. The highest BCUT2D eigenvalue weighted by Gasteiger charge is 2.34. The van der Waals surface area contributed by atoms with Crippen molar-refractivity contribution in [1.29, 1.82) is 0 Å². The van der Waals surface area contributed by atoms with Crippen LogP contribution in [0, 0.1) is 5.41 Å². The number of hydrogen-bond acceptors (Lipinski definition) is 2. The number of para-hydroxylation sites is 2. The van der Waals surface area contributed by atoms with Crippen LogP contribution in [-0.2, 0) is 13.1 Å². The molecule has 0 atom stereocenters. The molecule has 0 unspecified atom stereocenters. The number of rotatable bonds is 7. The number of benzene rings is 1. The van der Waals surface area contributed by atoms with E-state index in [1.807, 2.05) is 0 Å². The summed E-state index contributed by atoms with van der Waals surface area (Å²) < 4.78 is 2.38. The minimum atomic E-state index is 0.571. The fourth-order valence-electron chi connectivity index (χ4n) is 3.51. The van der Waals surface area contributed by atoms with Crippen LogP contribution in [0.1, 0.15) is 51.8 Å². The number of aromatic nitrogens is 2. The molecule has 0 saturated heterocycles. The molecule has 3 rings (SSSR count). The Labute approximate surface area is 127 Å². The fourth-order valence-corrected chi connectivity index (χ4v) is 3.51. The Bertz CT molecular complexity index is 590. The average Bonchev–Trinajstić information content (AvgIpc) is 2.81. The quantitative estimate of drug-likeness (QED) is 0.829.